The van der Waals surface area contributed by atoms with Crippen molar-refractivity contribution in [3.8, 4) is 0 Å². The van der Waals surface area contributed by atoms with Gasteiger partial charge >= 0.3 is 0 Å². The van der Waals surface area contributed by atoms with Gasteiger partial charge in [0.05, 0.1) is 12.8 Å². The van der Waals surface area contributed by atoms with Crippen molar-refractivity contribution in [1.82, 2.24) is 9.97 Å². The summed E-state index contributed by atoms with van der Waals surface area (Å²) in [6, 6.07) is 3.82. The minimum atomic E-state index is 0.625. The molecule has 0 saturated carbocycles. The van der Waals surface area contributed by atoms with Crippen molar-refractivity contribution in [2.24, 2.45) is 0 Å². The van der Waals surface area contributed by atoms with Gasteiger partial charge in [-0.1, -0.05) is 6.92 Å². The van der Waals surface area contributed by atoms with E-state index in [1.165, 1.54) is 0 Å². The Labute approximate surface area is 113 Å². The van der Waals surface area contributed by atoms with Crippen LogP contribution < -0.4 is 10.6 Å². The fourth-order valence-electron chi connectivity index (χ4n) is 1.82. The van der Waals surface area contributed by atoms with Crippen molar-refractivity contribution >= 4 is 11.6 Å². The van der Waals surface area contributed by atoms with Crippen molar-refractivity contribution in [3.63, 3.8) is 0 Å². The number of aryl methyl sites for hydroxylation is 1. The third-order valence-corrected chi connectivity index (χ3v) is 2.86. The third kappa shape index (κ3) is 3.24. The summed E-state index contributed by atoms with van der Waals surface area (Å²) in [5, 5.41) is 6.57. The smallest absolute Gasteiger partial charge is 0.135 e. The number of rotatable bonds is 6. The van der Waals surface area contributed by atoms with Crippen LogP contribution >= 0.6 is 0 Å². The molecule has 2 aromatic rings. The van der Waals surface area contributed by atoms with Gasteiger partial charge < -0.3 is 15.1 Å². The van der Waals surface area contributed by atoms with Crippen molar-refractivity contribution in [1.29, 1.82) is 0 Å². The van der Waals surface area contributed by atoms with E-state index < -0.39 is 0 Å². The molecule has 2 rings (SSSR count). The minimum Gasteiger partial charge on any atom is -0.467 e. The average molecular weight is 260 g/mol. The molecule has 0 saturated heterocycles. The average Bonchev–Trinajstić information content (AvgIpc) is 2.93. The Hall–Kier alpha value is -2.04. The number of furan rings is 1. The summed E-state index contributed by atoms with van der Waals surface area (Å²) in [5.74, 6) is 3.49. The zero-order valence-corrected chi connectivity index (χ0v) is 11.7. The molecule has 0 aliphatic carbocycles. The first-order chi connectivity index (χ1) is 9.24. The summed E-state index contributed by atoms with van der Waals surface area (Å²) in [6.45, 7) is 7.60. The van der Waals surface area contributed by atoms with E-state index in [0.717, 1.165) is 41.7 Å². The fourth-order valence-corrected chi connectivity index (χ4v) is 1.82. The number of aromatic nitrogens is 2. The standard InChI is InChI=1S/C14H20N4O/c1-4-12-17-13(15-5-2)10(3)14(18-12)16-9-11-7-6-8-19-11/h6-8H,4-5,9H2,1-3H3,(H2,15,16,17,18). The summed E-state index contributed by atoms with van der Waals surface area (Å²) in [4.78, 5) is 9.03. The minimum absolute atomic E-state index is 0.625. The van der Waals surface area contributed by atoms with E-state index in [2.05, 4.69) is 34.4 Å². The molecule has 0 fully saturated rings. The van der Waals surface area contributed by atoms with Gasteiger partial charge in [0.1, 0.15) is 23.2 Å². The van der Waals surface area contributed by atoms with E-state index in [1.54, 1.807) is 6.26 Å². The van der Waals surface area contributed by atoms with Gasteiger partial charge in [-0.15, -0.1) is 0 Å². The van der Waals surface area contributed by atoms with Crippen molar-refractivity contribution in [2.45, 2.75) is 33.7 Å². The van der Waals surface area contributed by atoms with Gasteiger partial charge in [-0.05, 0) is 26.0 Å². The zero-order valence-electron chi connectivity index (χ0n) is 11.7. The number of hydrogen-bond donors (Lipinski definition) is 2. The second-order valence-electron chi connectivity index (χ2n) is 4.28. The Morgan fingerprint density at radius 1 is 1.16 bits per heavy atom. The molecule has 0 aromatic carbocycles. The van der Waals surface area contributed by atoms with Gasteiger partial charge in [-0.2, -0.15) is 0 Å². The Balaban J connectivity index is 2.20. The molecule has 0 unspecified atom stereocenters. The van der Waals surface area contributed by atoms with E-state index in [0.29, 0.717) is 6.54 Å². The molecule has 5 heteroatoms. The van der Waals surface area contributed by atoms with Crippen LogP contribution in [0.4, 0.5) is 11.6 Å². The predicted molar refractivity (Wildman–Crippen MR) is 76.3 cm³/mol. The third-order valence-electron chi connectivity index (χ3n) is 2.86. The van der Waals surface area contributed by atoms with E-state index in [1.807, 2.05) is 19.1 Å². The molecular weight excluding hydrogens is 240 g/mol. The quantitative estimate of drug-likeness (QED) is 0.836. The SMILES string of the molecule is CCNc1nc(CC)nc(NCc2ccco2)c1C. The molecule has 0 amide bonds. The molecule has 0 atom stereocenters. The van der Waals surface area contributed by atoms with Gasteiger partial charge in [0.25, 0.3) is 0 Å². The summed E-state index contributed by atoms with van der Waals surface area (Å²) < 4.78 is 5.31. The van der Waals surface area contributed by atoms with Gasteiger partial charge in [0.2, 0.25) is 0 Å². The van der Waals surface area contributed by atoms with Crippen LogP contribution in [0.1, 0.15) is 31.0 Å². The number of anilines is 2. The lowest BCUT2D eigenvalue weighted by molar-refractivity contribution is 0.517. The van der Waals surface area contributed by atoms with Crippen LogP contribution in [0.2, 0.25) is 0 Å². The maximum atomic E-state index is 5.31. The maximum absolute atomic E-state index is 5.31. The van der Waals surface area contributed by atoms with Crippen molar-refractivity contribution < 1.29 is 4.42 Å². The molecule has 19 heavy (non-hydrogen) atoms. The highest BCUT2D eigenvalue weighted by molar-refractivity contribution is 5.57. The summed E-state index contributed by atoms with van der Waals surface area (Å²) in [6.07, 6.45) is 2.49. The van der Waals surface area contributed by atoms with Crippen molar-refractivity contribution in [3.05, 3.63) is 35.5 Å². The first-order valence-electron chi connectivity index (χ1n) is 6.62. The van der Waals surface area contributed by atoms with E-state index in [9.17, 15) is 0 Å². The van der Waals surface area contributed by atoms with Gasteiger partial charge in [0.15, 0.2) is 0 Å². The second kappa shape index (κ2) is 6.22. The summed E-state index contributed by atoms with van der Waals surface area (Å²) in [5.41, 5.74) is 1.03. The highest BCUT2D eigenvalue weighted by atomic mass is 16.3. The fraction of sp³-hybridized carbons (Fsp3) is 0.429. The normalized spacial score (nSPS) is 10.5. The molecular formula is C14H20N4O. The molecule has 2 N–H and O–H groups in total. The Morgan fingerprint density at radius 3 is 2.47 bits per heavy atom. The topological polar surface area (TPSA) is 63.0 Å². The molecule has 2 aromatic heterocycles. The van der Waals surface area contributed by atoms with Crippen molar-refractivity contribution in [2.75, 3.05) is 17.2 Å². The first kappa shape index (κ1) is 13.4. The summed E-state index contributed by atoms with van der Waals surface area (Å²) >= 11 is 0. The number of nitrogens with zero attached hydrogens (tertiary/aromatic N) is 2. The molecule has 0 bridgehead atoms. The first-order valence-corrected chi connectivity index (χ1v) is 6.62. The number of nitrogens with one attached hydrogen (secondary N) is 2. The van der Waals surface area contributed by atoms with Crippen LogP contribution in [0.3, 0.4) is 0 Å². The Kier molecular flexibility index (Phi) is 4.39. The highest BCUT2D eigenvalue weighted by Crippen LogP contribution is 2.20. The van der Waals surface area contributed by atoms with Crippen LogP contribution in [0.15, 0.2) is 22.8 Å². The maximum Gasteiger partial charge on any atom is 0.135 e. The largest absolute Gasteiger partial charge is 0.467 e. The number of hydrogen-bond acceptors (Lipinski definition) is 5. The Bertz CT molecular complexity index is 522. The highest BCUT2D eigenvalue weighted by Gasteiger charge is 2.09. The van der Waals surface area contributed by atoms with Gasteiger partial charge in [-0.25, -0.2) is 9.97 Å². The lowest BCUT2D eigenvalue weighted by Gasteiger charge is -2.13. The molecule has 5 nitrogen and oxygen atoms in total. The Morgan fingerprint density at radius 2 is 1.89 bits per heavy atom. The van der Waals surface area contributed by atoms with Crippen LogP contribution in [0.5, 0.6) is 0 Å². The van der Waals surface area contributed by atoms with Crippen LogP contribution in [-0.4, -0.2) is 16.5 Å². The van der Waals surface area contributed by atoms with Crippen LogP contribution in [0.25, 0.3) is 0 Å². The molecule has 0 aliphatic heterocycles. The molecule has 102 valence electrons. The van der Waals surface area contributed by atoms with E-state index >= 15 is 0 Å². The zero-order chi connectivity index (χ0) is 13.7. The van der Waals surface area contributed by atoms with Crippen LogP contribution in [-0.2, 0) is 13.0 Å². The predicted octanol–water partition coefficient (Wildman–Crippen LogP) is 2.98. The summed E-state index contributed by atoms with van der Waals surface area (Å²) in [7, 11) is 0. The lowest BCUT2D eigenvalue weighted by Crippen LogP contribution is -2.10. The van der Waals surface area contributed by atoms with Gasteiger partial charge in [0, 0.05) is 18.5 Å². The monoisotopic (exact) mass is 260 g/mol. The molecule has 0 radical (unpaired) electrons. The van der Waals surface area contributed by atoms with E-state index in [4.69, 9.17) is 4.42 Å². The van der Waals surface area contributed by atoms with Gasteiger partial charge in [-0.3, -0.25) is 0 Å². The lowest BCUT2D eigenvalue weighted by atomic mass is 10.2. The molecule has 0 aliphatic rings. The van der Waals surface area contributed by atoms with E-state index in [-0.39, 0.29) is 0 Å². The second-order valence-corrected chi connectivity index (χ2v) is 4.28. The van der Waals surface area contributed by atoms with Crippen LogP contribution in [0, 0.1) is 6.92 Å². The molecule has 2 heterocycles. The molecule has 0 spiro atoms.